The van der Waals surface area contributed by atoms with Gasteiger partial charge in [-0.05, 0) is 48.7 Å². The van der Waals surface area contributed by atoms with Gasteiger partial charge in [0.25, 0.3) is 5.91 Å². The van der Waals surface area contributed by atoms with Crippen LogP contribution in [-0.4, -0.2) is 10.5 Å². The number of nitrogens with zero attached hydrogens (tertiary/aromatic N) is 2. The summed E-state index contributed by atoms with van der Waals surface area (Å²) in [5, 5.41) is 12.1. The van der Waals surface area contributed by atoms with Crippen molar-refractivity contribution in [2.24, 2.45) is 5.73 Å². The summed E-state index contributed by atoms with van der Waals surface area (Å²) in [5.74, 6) is -0.0898. The molecule has 0 spiro atoms. The minimum absolute atomic E-state index is 0.0898. The topological polar surface area (TPSA) is 83.8 Å². The Labute approximate surface area is 165 Å². The summed E-state index contributed by atoms with van der Waals surface area (Å²) in [5.41, 5.74) is 12.0. The Bertz CT molecular complexity index is 1030. The molecular weight excluding hydrogens is 348 g/mol. The Morgan fingerprint density at radius 1 is 1.07 bits per heavy atom. The van der Waals surface area contributed by atoms with Crippen LogP contribution in [0.2, 0.25) is 0 Å². The van der Waals surface area contributed by atoms with Crippen molar-refractivity contribution in [1.29, 1.82) is 5.26 Å². The minimum atomic E-state index is -0.0898. The van der Waals surface area contributed by atoms with Gasteiger partial charge in [-0.15, -0.1) is 0 Å². The largest absolute Gasteiger partial charge is 0.348 e. The summed E-state index contributed by atoms with van der Waals surface area (Å²) >= 11 is 0. The third kappa shape index (κ3) is 4.30. The summed E-state index contributed by atoms with van der Waals surface area (Å²) in [6, 6.07) is 19.5. The average Bonchev–Trinajstić information content (AvgIpc) is 3.01. The van der Waals surface area contributed by atoms with Crippen molar-refractivity contribution in [2.45, 2.75) is 33.5 Å². The molecule has 0 aliphatic rings. The highest BCUT2D eigenvalue weighted by atomic mass is 16.1. The first-order valence-electron chi connectivity index (χ1n) is 9.23. The quantitative estimate of drug-likeness (QED) is 0.695. The minimum Gasteiger partial charge on any atom is -0.348 e. The molecule has 0 saturated heterocycles. The molecule has 0 bridgehead atoms. The van der Waals surface area contributed by atoms with Crippen molar-refractivity contribution >= 4 is 5.91 Å². The van der Waals surface area contributed by atoms with Crippen LogP contribution in [-0.2, 0) is 19.6 Å². The fourth-order valence-electron chi connectivity index (χ4n) is 3.27. The third-order valence-electron chi connectivity index (χ3n) is 4.93. The normalized spacial score (nSPS) is 10.5. The van der Waals surface area contributed by atoms with Gasteiger partial charge in [-0.1, -0.05) is 36.4 Å². The second-order valence-corrected chi connectivity index (χ2v) is 6.89. The molecule has 0 aliphatic heterocycles. The predicted molar refractivity (Wildman–Crippen MR) is 110 cm³/mol. The molecular formula is C23H24N4O. The van der Waals surface area contributed by atoms with E-state index in [9.17, 15) is 4.79 Å². The van der Waals surface area contributed by atoms with Crippen LogP contribution in [0.25, 0.3) is 0 Å². The Kier molecular flexibility index (Phi) is 5.93. The van der Waals surface area contributed by atoms with E-state index in [2.05, 4.69) is 16.0 Å². The summed E-state index contributed by atoms with van der Waals surface area (Å²) < 4.78 is 2.10. The molecule has 2 aromatic carbocycles. The number of benzene rings is 2. The Balaban J connectivity index is 1.72. The number of carbonyl (C=O) groups is 1. The van der Waals surface area contributed by atoms with Gasteiger partial charge in [0.15, 0.2) is 0 Å². The monoisotopic (exact) mass is 372 g/mol. The highest BCUT2D eigenvalue weighted by Crippen LogP contribution is 2.18. The highest BCUT2D eigenvalue weighted by Gasteiger charge is 2.16. The molecule has 1 aromatic heterocycles. The van der Waals surface area contributed by atoms with E-state index in [-0.39, 0.29) is 5.91 Å². The molecule has 5 heteroatoms. The van der Waals surface area contributed by atoms with Crippen molar-refractivity contribution in [3.8, 4) is 6.07 Å². The number of amides is 1. The molecule has 0 saturated carbocycles. The van der Waals surface area contributed by atoms with Crippen LogP contribution in [0, 0.1) is 25.2 Å². The zero-order chi connectivity index (χ0) is 20.1. The van der Waals surface area contributed by atoms with Crippen LogP contribution < -0.4 is 11.1 Å². The standard InChI is InChI=1S/C23H24N4O/c1-16-10-22(23(28)26-14-19-8-6-18(12-24)7-9-19)17(2)27(16)15-21-5-3-4-20(11-21)13-25/h3-11H,12,14-15,24H2,1-2H3,(H,26,28). The summed E-state index contributed by atoms with van der Waals surface area (Å²) in [6.07, 6.45) is 0. The zero-order valence-corrected chi connectivity index (χ0v) is 16.2. The lowest BCUT2D eigenvalue weighted by Crippen LogP contribution is -2.23. The van der Waals surface area contributed by atoms with Gasteiger partial charge in [0.2, 0.25) is 0 Å². The van der Waals surface area contributed by atoms with Crippen molar-refractivity contribution in [3.63, 3.8) is 0 Å². The molecule has 0 unspecified atom stereocenters. The van der Waals surface area contributed by atoms with Crippen molar-refractivity contribution in [1.82, 2.24) is 9.88 Å². The molecule has 1 heterocycles. The molecule has 0 atom stereocenters. The maximum Gasteiger partial charge on any atom is 0.253 e. The summed E-state index contributed by atoms with van der Waals surface area (Å²) in [7, 11) is 0. The maximum atomic E-state index is 12.7. The van der Waals surface area contributed by atoms with Crippen molar-refractivity contribution < 1.29 is 4.79 Å². The number of nitrogens with one attached hydrogen (secondary N) is 1. The SMILES string of the molecule is Cc1cc(C(=O)NCc2ccc(CN)cc2)c(C)n1Cc1cccc(C#N)c1. The number of aromatic nitrogens is 1. The molecule has 0 aliphatic carbocycles. The van der Waals surface area contributed by atoms with E-state index in [1.165, 1.54) is 0 Å². The molecule has 3 aromatic rings. The first kappa shape index (κ1) is 19.4. The molecule has 3 rings (SSSR count). The summed E-state index contributed by atoms with van der Waals surface area (Å²) in [4.78, 5) is 12.7. The van der Waals surface area contributed by atoms with Crippen LogP contribution in [0.3, 0.4) is 0 Å². The summed E-state index contributed by atoms with van der Waals surface area (Å²) in [6.45, 7) is 5.55. The number of nitrogens with two attached hydrogens (primary N) is 1. The first-order valence-corrected chi connectivity index (χ1v) is 9.23. The molecule has 28 heavy (non-hydrogen) atoms. The Hall–Kier alpha value is -3.36. The zero-order valence-electron chi connectivity index (χ0n) is 16.2. The van der Waals surface area contributed by atoms with Crippen LogP contribution in [0.1, 0.15) is 44.0 Å². The second-order valence-electron chi connectivity index (χ2n) is 6.89. The number of hydrogen-bond donors (Lipinski definition) is 2. The lowest BCUT2D eigenvalue weighted by molar-refractivity contribution is 0.0950. The fourth-order valence-corrected chi connectivity index (χ4v) is 3.27. The van der Waals surface area contributed by atoms with Crippen LogP contribution >= 0.6 is 0 Å². The van der Waals surface area contributed by atoms with Crippen molar-refractivity contribution in [3.05, 3.63) is 93.8 Å². The van der Waals surface area contributed by atoms with Gasteiger partial charge in [-0.2, -0.15) is 5.26 Å². The molecule has 1 amide bonds. The number of hydrogen-bond acceptors (Lipinski definition) is 3. The van der Waals surface area contributed by atoms with E-state index in [1.54, 1.807) is 6.07 Å². The number of carbonyl (C=O) groups excluding carboxylic acids is 1. The molecule has 5 nitrogen and oxygen atoms in total. The van der Waals surface area contributed by atoms with E-state index in [0.29, 0.717) is 30.8 Å². The third-order valence-corrected chi connectivity index (χ3v) is 4.93. The fraction of sp³-hybridized carbons (Fsp3) is 0.217. The van der Waals surface area contributed by atoms with Gasteiger partial charge in [0, 0.05) is 31.0 Å². The maximum absolute atomic E-state index is 12.7. The van der Waals surface area contributed by atoms with Gasteiger partial charge in [-0.25, -0.2) is 0 Å². The molecule has 0 fully saturated rings. The predicted octanol–water partition coefficient (Wildman–Crippen LogP) is 3.41. The second kappa shape index (κ2) is 8.55. The van der Waals surface area contributed by atoms with E-state index in [4.69, 9.17) is 11.0 Å². The van der Waals surface area contributed by atoms with Crippen LogP contribution in [0.4, 0.5) is 0 Å². The first-order chi connectivity index (χ1) is 13.5. The lowest BCUT2D eigenvalue weighted by atomic mass is 10.1. The van der Waals surface area contributed by atoms with E-state index in [0.717, 1.165) is 28.1 Å². The van der Waals surface area contributed by atoms with E-state index >= 15 is 0 Å². The van der Waals surface area contributed by atoms with Crippen molar-refractivity contribution in [2.75, 3.05) is 0 Å². The van der Waals surface area contributed by atoms with Crippen LogP contribution in [0.15, 0.2) is 54.6 Å². The van der Waals surface area contributed by atoms with Gasteiger partial charge in [-0.3, -0.25) is 4.79 Å². The number of nitriles is 1. The van der Waals surface area contributed by atoms with Gasteiger partial charge < -0.3 is 15.6 Å². The van der Waals surface area contributed by atoms with E-state index < -0.39 is 0 Å². The average molecular weight is 372 g/mol. The molecule has 3 N–H and O–H groups in total. The molecule has 0 radical (unpaired) electrons. The lowest BCUT2D eigenvalue weighted by Gasteiger charge is -2.11. The van der Waals surface area contributed by atoms with Crippen LogP contribution in [0.5, 0.6) is 0 Å². The van der Waals surface area contributed by atoms with Gasteiger partial charge >= 0.3 is 0 Å². The number of aryl methyl sites for hydroxylation is 1. The smallest absolute Gasteiger partial charge is 0.253 e. The van der Waals surface area contributed by atoms with Gasteiger partial charge in [0.1, 0.15) is 0 Å². The van der Waals surface area contributed by atoms with Gasteiger partial charge in [0.05, 0.1) is 17.2 Å². The highest BCUT2D eigenvalue weighted by molar-refractivity contribution is 5.95. The molecule has 142 valence electrons. The Morgan fingerprint density at radius 2 is 1.79 bits per heavy atom. The number of rotatable bonds is 6. The van der Waals surface area contributed by atoms with E-state index in [1.807, 2.05) is 62.4 Å². The Morgan fingerprint density at radius 3 is 2.46 bits per heavy atom.